The zero-order chi connectivity index (χ0) is 10.3. The zero-order valence-electron chi connectivity index (χ0n) is 8.35. The lowest BCUT2D eigenvalue weighted by Crippen LogP contribution is -2.17. The van der Waals surface area contributed by atoms with E-state index in [4.69, 9.17) is 0 Å². The van der Waals surface area contributed by atoms with Crippen LogP contribution >= 0.6 is 0 Å². The lowest BCUT2D eigenvalue weighted by atomic mass is 9.80. The number of benzene rings is 2. The molecule has 0 spiro atoms. The van der Waals surface area contributed by atoms with E-state index in [1.54, 1.807) is 0 Å². The van der Waals surface area contributed by atoms with Gasteiger partial charge in [-0.2, -0.15) is 0 Å². The lowest BCUT2D eigenvalue weighted by Gasteiger charge is -2.28. The van der Waals surface area contributed by atoms with Crippen molar-refractivity contribution in [1.82, 2.24) is 0 Å². The molecule has 2 aromatic rings. The summed E-state index contributed by atoms with van der Waals surface area (Å²) >= 11 is 0. The van der Waals surface area contributed by atoms with E-state index in [1.807, 2.05) is 30.3 Å². The molecule has 0 amide bonds. The molecule has 1 unspecified atom stereocenters. The van der Waals surface area contributed by atoms with Gasteiger partial charge >= 0.3 is 0 Å². The fourth-order valence-electron chi connectivity index (χ4n) is 2.21. The van der Waals surface area contributed by atoms with E-state index in [0.29, 0.717) is 0 Å². The van der Waals surface area contributed by atoms with Crippen LogP contribution in [0, 0.1) is 0 Å². The van der Waals surface area contributed by atoms with Crippen LogP contribution in [0.5, 0.6) is 0 Å². The molecule has 1 heteroatoms. The predicted molar refractivity (Wildman–Crippen MR) is 60.5 cm³/mol. The summed E-state index contributed by atoms with van der Waals surface area (Å²) in [4.78, 5) is 0. The lowest BCUT2D eigenvalue weighted by molar-refractivity contribution is 0.154. The second-order valence-corrected chi connectivity index (χ2v) is 3.96. The van der Waals surface area contributed by atoms with Crippen molar-refractivity contribution in [3.05, 3.63) is 59.7 Å². The summed E-state index contributed by atoms with van der Waals surface area (Å²) in [6, 6.07) is 16.5. The largest absolute Gasteiger partial charge is 0.388 e. The minimum atomic E-state index is -0.247. The molecular formula is C14H12O. The Labute approximate surface area is 89.0 Å². The smallest absolute Gasteiger partial charge is 0.0833 e. The van der Waals surface area contributed by atoms with Gasteiger partial charge in [0, 0.05) is 6.42 Å². The van der Waals surface area contributed by atoms with Crippen LogP contribution in [0.15, 0.2) is 48.5 Å². The highest BCUT2D eigenvalue weighted by molar-refractivity contribution is 5.71. The molecule has 0 heterocycles. The van der Waals surface area contributed by atoms with Gasteiger partial charge in [0.15, 0.2) is 0 Å². The Bertz CT molecular complexity index is 488. The second-order valence-electron chi connectivity index (χ2n) is 3.96. The Morgan fingerprint density at radius 3 is 2.47 bits per heavy atom. The van der Waals surface area contributed by atoms with E-state index in [0.717, 1.165) is 12.0 Å². The zero-order valence-corrected chi connectivity index (χ0v) is 8.35. The molecule has 0 aliphatic heterocycles. The van der Waals surface area contributed by atoms with Gasteiger partial charge in [0.1, 0.15) is 0 Å². The standard InChI is InChI=1S/C14H12O/c15-14-9-13-11(7-4-8-12(13)14)10-5-2-1-3-6-10/h1-8,14-15H,9H2. The van der Waals surface area contributed by atoms with Gasteiger partial charge in [0.05, 0.1) is 6.10 Å². The first-order valence-electron chi connectivity index (χ1n) is 5.21. The van der Waals surface area contributed by atoms with Gasteiger partial charge in [-0.3, -0.25) is 0 Å². The van der Waals surface area contributed by atoms with Crippen molar-refractivity contribution in [2.24, 2.45) is 0 Å². The first-order valence-corrected chi connectivity index (χ1v) is 5.21. The molecule has 0 saturated carbocycles. The quantitative estimate of drug-likeness (QED) is 0.743. The van der Waals surface area contributed by atoms with Crippen molar-refractivity contribution in [2.75, 3.05) is 0 Å². The van der Waals surface area contributed by atoms with Gasteiger partial charge in [-0.15, -0.1) is 0 Å². The van der Waals surface area contributed by atoms with E-state index in [1.165, 1.54) is 16.7 Å². The minimum absolute atomic E-state index is 0.247. The van der Waals surface area contributed by atoms with E-state index < -0.39 is 0 Å². The van der Waals surface area contributed by atoms with Gasteiger partial charge in [-0.05, 0) is 22.3 Å². The van der Waals surface area contributed by atoms with Crippen molar-refractivity contribution in [2.45, 2.75) is 12.5 Å². The van der Waals surface area contributed by atoms with Gasteiger partial charge in [0.2, 0.25) is 0 Å². The summed E-state index contributed by atoms with van der Waals surface area (Å²) in [5, 5.41) is 9.57. The van der Waals surface area contributed by atoms with E-state index in [9.17, 15) is 5.11 Å². The molecule has 15 heavy (non-hydrogen) atoms. The molecule has 1 aliphatic carbocycles. The summed E-state index contributed by atoms with van der Waals surface area (Å²) in [7, 11) is 0. The molecule has 1 atom stereocenters. The first-order chi connectivity index (χ1) is 7.36. The van der Waals surface area contributed by atoms with Gasteiger partial charge in [0.25, 0.3) is 0 Å². The highest BCUT2D eigenvalue weighted by atomic mass is 16.3. The van der Waals surface area contributed by atoms with Crippen molar-refractivity contribution in [1.29, 1.82) is 0 Å². The maximum absolute atomic E-state index is 9.57. The van der Waals surface area contributed by atoms with Crippen molar-refractivity contribution >= 4 is 0 Å². The Morgan fingerprint density at radius 2 is 1.73 bits per heavy atom. The molecule has 0 saturated heterocycles. The Balaban J connectivity index is 2.15. The third kappa shape index (κ3) is 1.28. The van der Waals surface area contributed by atoms with Crippen LogP contribution < -0.4 is 0 Å². The number of rotatable bonds is 1. The van der Waals surface area contributed by atoms with Crippen LogP contribution in [0.1, 0.15) is 17.2 Å². The maximum Gasteiger partial charge on any atom is 0.0833 e. The maximum atomic E-state index is 9.57. The molecular weight excluding hydrogens is 184 g/mol. The first kappa shape index (κ1) is 8.69. The van der Waals surface area contributed by atoms with Gasteiger partial charge < -0.3 is 5.11 Å². The van der Waals surface area contributed by atoms with Crippen LogP contribution in [0.25, 0.3) is 11.1 Å². The number of hydrogen-bond donors (Lipinski definition) is 1. The molecule has 1 N–H and O–H groups in total. The molecule has 3 rings (SSSR count). The molecule has 2 aromatic carbocycles. The highest BCUT2D eigenvalue weighted by Gasteiger charge is 2.26. The average molecular weight is 196 g/mol. The third-order valence-corrected chi connectivity index (χ3v) is 3.05. The molecule has 1 nitrogen and oxygen atoms in total. The van der Waals surface area contributed by atoms with Crippen LogP contribution in [0.3, 0.4) is 0 Å². The Morgan fingerprint density at radius 1 is 0.933 bits per heavy atom. The number of hydrogen-bond acceptors (Lipinski definition) is 1. The topological polar surface area (TPSA) is 20.2 Å². The summed E-state index contributed by atoms with van der Waals surface area (Å²) in [5.41, 5.74) is 4.90. The van der Waals surface area contributed by atoms with Crippen LogP contribution in [0.4, 0.5) is 0 Å². The second kappa shape index (κ2) is 3.21. The molecule has 0 fully saturated rings. The number of fused-ring (bicyclic) bond motifs is 1. The van der Waals surface area contributed by atoms with Gasteiger partial charge in [-0.25, -0.2) is 0 Å². The summed E-state index contributed by atoms with van der Waals surface area (Å²) in [6.07, 6.45) is 0.545. The fourth-order valence-corrected chi connectivity index (χ4v) is 2.21. The monoisotopic (exact) mass is 196 g/mol. The van der Waals surface area contributed by atoms with E-state index >= 15 is 0 Å². The summed E-state index contributed by atoms with van der Waals surface area (Å²) in [5.74, 6) is 0. The van der Waals surface area contributed by atoms with Crippen molar-refractivity contribution in [3.8, 4) is 11.1 Å². The van der Waals surface area contributed by atoms with Crippen LogP contribution in [-0.2, 0) is 6.42 Å². The van der Waals surface area contributed by atoms with E-state index in [2.05, 4.69) is 18.2 Å². The van der Waals surface area contributed by atoms with E-state index in [-0.39, 0.29) is 6.10 Å². The molecule has 74 valence electrons. The van der Waals surface area contributed by atoms with Crippen molar-refractivity contribution in [3.63, 3.8) is 0 Å². The average Bonchev–Trinajstić information content (AvgIpc) is 2.29. The highest BCUT2D eigenvalue weighted by Crippen LogP contribution is 2.39. The number of aliphatic hydroxyl groups is 1. The van der Waals surface area contributed by atoms with Crippen LogP contribution in [-0.4, -0.2) is 5.11 Å². The Kier molecular flexibility index (Phi) is 1.86. The molecule has 0 radical (unpaired) electrons. The summed E-state index contributed by atoms with van der Waals surface area (Å²) < 4.78 is 0. The number of aliphatic hydroxyl groups excluding tert-OH is 1. The predicted octanol–water partition coefficient (Wildman–Crippen LogP) is 2.94. The SMILES string of the molecule is OC1Cc2c(-c3ccccc3)cccc21. The fraction of sp³-hybridized carbons (Fsp3) is 0.143. The molecule has 1 aliphatic rings. The molecule has 0 bridgehead atoms. The summed E-state index contributed by atoms with van der Waals surface area (Å²) in [6.45, 7) is 0. The van der Waals surface area contributed by atoms with Gasteiger partial charge in [-0.1, -0.05) is 48.5 Å². The third-order valence-electron chi connectivity index (χ3n) is 3.05. The molecule has 0 aromatic heterocycles. The Hall–Kier alpha value is -1.60. The van der Waals surface area contributed by atoms with Crippen molar-refractivity contribution < 1.29 is 5.11 Å². The minimum Gasteiger partial charge on any atom is -0.388 e. The van der Waals surface area contributed by atoms with Crippen LogP contribution in [0.2, 0.25) is 0 Å². The normalized spacial score (nSPS) is 18.1.